The maximum absolute atomic E-state index is 11.6. The molecule has 0 bridgehead atoms. The molecular formula is C10H20BrNO4S2. The van der Waals surface area contributed by atoms with Gasteiger partial charge >= 0.3 is 0 Å². The Kier molecular flexibility index (Phi) is 6.08. The summed E-state index contributed by atoms with van der Waals surface area (Å²) < 4.78 is 47.6. The molecule has 0 radical (unpaired) electrons. The van der Waals surface area contributed by atoms with Gasteiger partial charge < -0.3 is 0 Å². The molecule has 5 nitrogen and oxygen atoms in total. The Balaban J connectivity index is 2.33. The first-order valence-corrected chi connectivity index (χ1v) is 10.6. The summed E-state index contributed by atoms with van der Waals surface area (Å²) in [5.74, 6) is -0.303. The molecule has 1 saturated carbocycles. The molecule has 0 aromatic heterocycles. The summed E-state index contributed by atoms with van der Waals surface area (Å²) in [7, 11) is -6.70. The zero-order chi connectivity index (χ0) is 13.8. The average molecular weight is 362 g/mol. The first kappa shape index (κ1) is 16.4. The van der Waals surface area contributed by atoms with Gasteiger partial charge in [-0.15, -0.1) is 0 Å². The molecule has 0 aromatic rings. The van der Waals surface area contributed by atoms with Crippen molar-refractivity contribution in [2.75, 3.05) is 24.3 Å². The van der Waals surface area contributed by atoms with Crippen LogP contribution in [0.5, 0.6) is 0 Å². The fraction of sp³-hybridized carbons (Fsp3) is 1.00. The van der Waals surface area contributed by atoms with Gasteiger partial charge in [0.1, 0.15) is 9.84 Å². The van der Waals surface area contributed by atoms with Crippen LogP contribution in [0.25, 0.3) is 0 Å². The van der Waals surface area contributed by atoms with Crippen LogP contribution in [0.15, 0.2) is 0 Å². The van der Waals surface area contributed by atoms with E-state index in [-0.39, 0.29) is 11.5 Å². The van der Waals surface area contributed by atoms with Gasteiger partial charge in [-0.2, -0.15) is 0 Å². The van der Waals surface area contributed by atoms with Crippen molar-refractivity contribution in [1.82, 2.24) is 4.72 Å². The highest BCUT2D eigenvalue weighted by Gasteiger charge is 2.21. The smallest absolute Gasteiger partial charge is 0.212 e. The van der Waals surface area contributed by atoms with Crippen molar-refractivity contribution in [2.24, 2.45) is 5.92 Å². The van der Waals surface area contributed by atoms with E-state index in [1.807, 2.05) is 0 Å². The van der Waals surface area contributed by atoms with E-state index in [4.69, 9.17) is 0 Å². The first-order chi connectivity index (χ1) is 8.18. The van der Waals surface area contributed by atoms with Crippen LogP contribution in [0.1, 0.15) is 25.7 Å². The lowest BCUT2D eigenvalue weighted by Gasteiger charge is -2.25. The maximum atomic E-state index is 11.6. The molecule has 0 spiro atoms. The number of halogens is 1. The topological polar surface area (TPSA) is 80.3 Å². The molecule has 0 aromatic carbocycles. The molecule has 108 valence electrons. The lowest BCUT2D eigenvalue weighted by molar-refractivity contribution is 0.366. The minimum absolute atomic E-state index is 0.323. The van der Waals surface area contributed by atoms with Crippen molar-refractivity contribution in [3.63, 3.8) is 0 Å². The van der Waals surface area contributed by atoms with Crippen molar-refractivity contribution in [3.05, 3.63) is 0 Å². The van der Waals surface area contributed by atoms with Gasteiger partial charge in [0, 0.05) is 17.6 Å². The second-order valence-corrected chi connectivity index (χ2v) is 10.4. The molecule has 0 unspecified atom stereocenters. The van der Waals surface area contributed by atoms with Crippen LogP contribution >= 0.6 is 15.9 Å². The SMILES string of the molecule is CS(=O)(=O)CCS(=O)(=O)NCC1CCC(Br)CC1. The number of sulfonamides is 1. The molecular weight excluding hydrogens is 342 g/mol. The highest BCUT2D eigenvalue weighted by molar-refractivity contribution is 9.09. The van der Waals surface area contributed by atoms with Gasteiger partial charge in [0.15, 0.2) is 0 Å². The van der Waals surface area contributed by atoms with Crippen molar-refractivity contribution in [2.45, 2.75) is 30.5 Å². The highest BCUT2D eigenvalue weighted by Crippen LogP contribution is 2.28. The third kappa shape index (κ3) is 7.06. The molecule has 0 aliphatic heterocycles. The Hall–Kier alpha value is 0.340. The molecule has 0 amide bonds. The quantitative estimate of drug-likeness (QED) is 0.712. The van der Waals surface area contributed by atoms with E-state index < -0.39 is 19.9 Å². The van der Waals surface area contributed by atoms with E-state index in [1.165, 1.54) is 0 Å². The van der Waals surface area contributed by atoms with Gasteiger partial charge in [-0.3, -0.25) is 0 Å². The number of nitrogens with one attached hydrogen (secondary N) is 1. The largest absolute Gasteiger partial charge is 0.229 e. The van der Waals surface area contributed by atoms with Gasteiger partial charge in [-0.25, -0.2) is 21.6 Å². The molecule has 1 rings (SSSR count). The minimum atomic E-state index is -3.47. The molecule has 8 heteroatoms. The molecule has 1 N–H and O–H groups in total. The van der Waals surface area contributed by atoms with Crippen LogP contribution in [0.3, 0.4) is 0 Å². The van der Waals surface area contributed by atoms with Crippen molar-refractivity contribution in [3.8, 4) is 0 Å². The Morgan fingerprint density at radius 3 is 2.11 bits per heavy atom. The summed E-state index contributed by atoms with van der Waals surface area (Å²) in [5.41, 5.74) is 0. The molecule has 1 aliphatic carbocycles. The van der Waals surface area contributed by atoms with Gasteiger partial charge in [0.05, 0.1) is 11.5 Å². The molecule has 0 heterocycles. The molecule has 1 aliphatic rings. The van der Waals surface area contributed by atoms with Gasteiger partial charge in [-0.1, -0.05) is 15.9 Å². The fourth-order valence-electron chi connectivity index (χ4n) is 1.90. The fourth-order valence-corrected chi connectivity index (χ4v) is 5.16. The Bertz CT molecular complexity index is 452. The predicted molar refractivity (Wildman–Crippen MR) is 76.2 cm³/mol. The lowest BCUT2D eigenvalue weighted by atomic mass is 9.89. The summed E-state index contributed by atoms with van der Waals surface area (Å²) in [6, 6.07) is 0. The van der Waals surface area contributed by atoms with E-state index in [1.54, 1.807) is 0 Å². The van der Waals surface area contributed by atoms with Crippen LogP contribution in [0.2, 0.25) is 0 Å². The summed E-state index contributed by atoms with van der Waals surface area (Å²) in [4.78, 5) is 0.551. The van der Waals surface area contributed by atoms with Crippen LogP contribution < -0.4 is 4.72 Å². The number of alkyl halides is 1. The van der Waals surface area contributed by atoms with E-state index in [2.05, 4.69) is 20.7 Å². The van der Waals surface area contributed by atoms with Gasteiger partial charge in [0.2, 0.25) is 10.0 Å². The van der Waals surface area contributed by atoms with E-state index in [0.717, 1.165) is 31.9 Å². The number of hydrogen-bond donors (Lipinski definition) is 1. The van der Waals surface area contributed by atoms with Crippen molar-refractivity contribution < 1.29 is 16.8 Å². The third-order valence-electron chi connectivity index (χ3n) is 3.09. The van der Waals surface area contributed by atoms with Crippen LogP contribution in [0.4, 0.5) is 0 Å². The van der Waals surface area contributed by atoms with E-state index in [0.29, 0.717) is 17.3 Å². The second-order valence-electron chi connectivity index (χ2n) is 4.92. The Labute approximate surface area is 118 Å². The molecule has 1 fully saturated rings. The molecule has 0 saturated heterocycles. The van der Waals surface area contributed by atoms with Crippen LogP contribution in [0, 0.1) is 5.92 Å². The Morgan fingerprint density at radius 2 is 1.61 bits per heavy atom. The number of hydrogen-bond acceptors (Lipinski definition) is 4. The van der Waals surface area contributed by atoms with Crippen LogP contribution in [-0.2, 0) is 19.9 Å². The van der Waals surface area contributed by atoms with Crippen LogP contribution in [-0.4, -0.2) is 46.0 Å². The standard InChI is InChI=1S/C10H20BrNO4S2/c1-17(13,14)6-7-18(15,16)12-8-9-2-4-10(11)5-3-9/h9-10,12H,2-8H2,1H3. The minimum Gasteiger partial charge on any atom is -0.229 e. The maximum Gasteiger partial charge on any atom is 0.212 e. The Morgan fingerprint density at radius 1 is 1.06 bits per heavy atom. The molecule has 0 atom stereocenters. The predicted octanol–water partition coefficient (Wildman–Crippen LogP) is 0.904. The summed E-state index contributed by atoms with van der Waals surface area (Å²) in [5, 5.41) is 0. The highest BCUT2D eigenvalue weighted by atomic mass is 79.9. The number of sulfone groups is 1. The number of rotatable bonds is 6. The second kappa shape index (κ2) is 6.67. The summed E-state index contributed by atoms with van der Waals surface area (Å²) >= 11 is 3.55. The zero-order valence-corrected chi connectivity index (χ0v) is 13.7. The zero-order valence-electron chi connectivity index (χ0n) is 10.4. The van der Waals surface area contributed by atoms with Crippen molar-refractivity contribution >= 4 is 35.8 Å². The third-order valence-corrected chi connectivity index (χ3v) is 6.56. The summed E-state index contributed by atoms with van der Waals surface area (Å²) in [6.45, 7) is 0.422. The van der Waals surface area contributed by atoms with E-state index >= 15 is 0 Å². The first-order valence-electron chi connectivity index (χ1n) is 5.97. The van der Waals surface area contributed by atoms with Crippen molar-refractivity contribution in [1.29, 1.82) is 0 Å². The average Bonchev–Trinajstić information content (AvgIpc) is 2.25. The lowest BCUT2D eigenvalue weighted by Crippen LogP contribution is -2.34. The molecule has 18 heavy (non-hydrogen) atoms. The van der Waals surface area contributed by atoms with Gasteiger partial charge in [-0.05, 0) is 31.6 Å². The normalized spacial score (nSPS) is 26.1. The monoisotopic (exact) mass is 361 g/mol. The van der Waals surface area contributed by atoms with Gasteiger partial charge in [0.25, 0.3) is 0 Å². The van der Waals surface area contributed by atoms with E-state index in [9.17, 15) is 16.8 Å². The summed E-state index contributed by atoms with van der Waals surface area (Å²) in [6.07, 6.45) is 5.18.